The number of benzene rings is 3. The zero-order chi connectivity index (χ0) is 33.1. The predicted molar refractivity (Wildman–Crippen MR) is 168 cm³/mol. The lowest BCUT2D eigenvalue weighted by atomic mass is 9.84. The van der Waals surface area contributed by atoms with Crippen LogP contribution >= 0.6 is 11.6 Å². The predicted octanol–water partition coefficient (Wildman–Crippen LogP) is 7.78. The second-order valence-electron chi connectivity index (χ2n) is 12.3. The number of halogens is 3. The summed E-state index contributed by atoms with van der Waals surface area (Å²) < 4.78 is 60.6. The van der Waals surface area contributed by atoms with Crippen LogP contribution in [0.25, 0.3) is 11.1 Å². The Balaban J connectivity index is 1.56. The maximum Gasteiger partial charge on any atom is 0.410 e. The molecule has 8 nitrogen and oxygen atoms in total. The van der Waals surface area contributed by atoms with E-state index in [4.69, 9.17) is 35.3 Å². The Morgan fingerprint density at radius 1 is 1.13 bits per heavy atom. The average molecular weight is 655 g/mol. The fourth-order valence-corrected chi connectivity index (χ4v) is 6.17. The first-order valence-corrected chi connectivity index (χ1v) is 15.6. The van der Waals surface area contributed by atoms with Crippen LogP contribution < -0.4 is 9.47 Å². The van der Waals surface area contributed by atoms with Gasteiger partial charge in [0.15, 0.2) is 23.5 Å². The van der Waals surface area contributed by atoms with Gasteiger partial charge in [0.1, 0.15) is 18.2 Å². The molecule has 0 aliphatic carbocycles. The normalized spacial score (nSPS) is 19.1. The molecule has 2 heterocycles. The van der Waals surface area contributed by atoms with E-state index in [9.17, 15) is 10.1 Å². The van der Waals surface area contributed by atoms with Crippen molar-refractivity contribution < 1.29 is 37.3 Å². The molecular weight excluding hydrogens is 618 g/mol. The number of nitriles is 1. The Labute approximate surface area is 272 Å². The molecule has 2 atom stereocenters. The Bertz CT molecular complexity index is 1620. The number of carbonyl (C=O) groups is 1. The zero-order valence-electron chi connectivity index (χ0n) is 26.3. The molecule has 2 aliphatic heterocycles. The molecule has 0 unspecified atom stereocenters. The third-order valence-electron chi connectivity index (χ3n) is 8.23. The highest BCUT2D eigenvalue weighted by atomic mass is 35.5. The maximum absolute atomic E-state index is 16.4. The van der Waals surface area contributed by atoms with Crippen LogP contribution in [-0.2, 0) is 26.2 Å². The molecule has 0 saturated carbocycles. The SMILES string of the molecule is COC(=O)N(C[C@@]1(c2ccccc2)Cc2c(cc(F)c(Cl)c2-c2c(C#N)ccc(OCCO[C@H]3CCCCO3)c2F)O1)C(C)(C)C. The van der Waals surface area contributed by atoms with Crippen LogP contribution in [0.3, 0.4) is 0 Å². The lowest BCUT2D eigenvalue weighted by Gasteiger charge is -2.41. The van der Waals surface area contributed by atoms with Gasteiger partial charge in [0.05, 0.1) is 36.9 Å². The molecular formula is C35H37ClF2N2O6. The minimum Gasteiger partial charge on any atom is -0.488 e. The van der Waals surface area contributed by atoms with Gasteiger partial charge in [-0.25, -0.2) is 13.6 Å². The van der Waals surface area contributed by atoms with Crippen molar-refractivity contribution in [3.8, 4) is 28.7 Å². The lowest BCUT2D eigenvalue weighted by Crippen LogP contribution is -2.54. The Morgan fingerprint density at radius 2 is 1.89 bits per heavy atom. The van der Waals surface area contributed by atoms with Crippen molar-refractivity contribution in [3.05, 3.63) is 81.9 Å². The highest BCUT2D eigenvalue weighted by molar-refractivity contribution is 6.34. The molecule has 3 aromatic carbocycles. The van der Waals surface area contributed by atoms with E-state index in [1.54, 1.807) is 0 Å². The van der Waals surface area contributed by atoms with Crippen molar-refractivity contribution in [1.82, 2.24) is 4.90 Å². The lowest BCUT2D eigenvalue weighted by molar-refractivity contribution is -0.165. The standard InChI is InChI=1S/C35H37ClF2N2O6/c1-34(2,3)40(33(41)42-4)21-35(23-10-6-5-7-11-23)19-24-27(46-35)18-25(37)31(36)30(24)29-22(20-39)13-14-26(32(29)38)43-16-17-45-28-12-8-9-15-44-28/h5-7,10-11,13-14,18,28H,8-9,12,15-17,19,21H2,1-4H3/t28-,35+/m0/s1. The van der Waals surface area contributed by atoms with Crippen molar-refractivity contribution in [2.45, 2.75) is 63.9 Å². The van der Waals surface area contributed by atoms with Crippen molar-refractivity contribution >= 4 is 17.7 Å². The summed E-state index contributed by atoms with van der Waals surface area (Å²) >= 11 is 6.60. The van der Waals surface area contributed by atoms with E-state index in [0.29, 0.717) is 17.7 Å². The fourth-order valence-electron chi connectivity index (χ4n) is 5.90. The first-order valence-electron chi connectivity index (χ1n) is 15.2. The van der Waals surface area contributed by atoms with Crippen molar-refractivity contribution in [2.24, 2.45) is 0 Å². The Morgan fingerprint density at radius 3 is 2.54 bits per heavy atom. The molecule has 3 aromatic rings. The molecule has 1 fully saturated rings. The topological polar surface area (TPSA) is 90.3 Å². The van der Waals surface area contributed by atoms with E-state index in [1.165, 1.54) is 24.1 Å². The maximum atomic E-state index is 16.4. The van der Waals surface area contributed by atoms with E-state index < -0.39 is 28.9 Å². The molecule has 5 rings (SSSR count). The zero-order valence-corrected chi connectivity index (χ0v) is 27.1. The summed E-state index contributed by atoms with van der Waals surface area (Å²) in [4.78, 5) is 14.5. The van der Waals surface area contributed by atoms with Gasteiger partial charge >= 0.3 is 6.09 Å². The summed E-state index contributed by atoms with van der Waals surface area (Å²) in [5.41, 5.74) is -1.10. The van der Waals surface area contributed by atoms with Gasteiger partial charge in [0.25, 0.3) is 0 Å². The van der Waals surface area contributed by atoms with Crippen LogP contribution in [0.5, 0.6) is 11.5 Å². The minimum absolute atomic E-state index is 0.0128. The number of ether oxygens (including phenoxy) is 5. The van der Waals surface area contributed by atoms with Crippen molar-refractivity contribution in [2.75, 3.05) is 33.5 Å². The Hall–Kier alpha value is -3.91. The number of rotatable bonds is 9. The summed E-state index contributed by atoms with van der Waals surface area (Å²) in [5, 5.41) is 9.66. The monoisotopic (exact) mass is 654 g/mol. The van der Waals surface area contributed by atoms with Crippen LogP contribution in [0, 0.1) is 23.0 Å². The molecule has 46 heavy (non-hydrogen) atoms. The van der Waals surface area contributed by atoms with Crippen LogP contribution in [0.4, 0.5) is 13.6 Å². The van der Waals surface area contributed by atoms with Crippen LogP contribution in [0.1, 0.15) is 56.7 Å². The summed E-state index contributed by atoms with van der Waals surface area (Å²) in [5.74, 6) is -1.75. The van der Waals surface area contributed by atoms with Crippen LogP contribution in [-0.4, -0.2) is 56.3 Å². The molecule has 2 aliphatic rings. The van der Waals surface area contributed by atoms with Crippen LogP contribution in [0.15, 0.2) is 48.5 Å². The van der Waals surface area contributed by atoms with Crippen LogP contribution in [0.2, 0.25) is 5.02 Å². The average Bonchev–Trinajstić information content (AvgIpc) is 3.42. The summed E-state index contributed by atoms with van der Waals surface area (Å²) in [7, 11) is 1.30. The number of carbonyl (C=O) groups excluding carboxylic acids is 1. The summed E-state index contributed by atoms with van der Waals surface area (Å²) in [6, 6.07) is 15.1. The summed E-state index contributed by atoms with van der Waals surface area (Å²) in [6.45, 7) is 6.41. The third kappa shape index (κ3) is 6.77. The molecule has 11 heteroatoms. The molecule has 0 aromatic heterocycles. The number of hydrogen-bond donors (Lipinski definition) is 0. The van der Waals surface area contributed by atoms with E-state index >= 15 is 8.78 Å². The van der Waals surface area contributed by atoms with E-state index in [-0.39, 0.29) is 65.7 Å². The number of amides is 1. The first-order chi connectivity index (χ1) is 22.0. The molecule has 0 radical (unpaired) electrons. The third-order valence-corrected chi connectivity index (χ3v) is 8.60. The van der Waals surface area contributed by atoms with E-state index in [2.05, 4.69) is 0 Å². The van der Waals surface area contributed by atoms with Gasteiger partial charge in [-0.15, -0.1) is 0 Å². The second-order valence-corrected chi connectivity index (χ2v) is 12.7. The second kappa shape index (κ2) is 13.8. The van der Waals surface area contributed by atoms with Gasteiger partial charge in [0.2, 0.25) is 0 Å². The summed E-state index contributed by atoms with van der Waals surface area (Å²) in [6.07, 6.45) is 1.94. The minimum atomic E-state index is -1.23. The molecule has 0 bridgehead atoms. The fraction of sp³-hybridized carbons (Fsp3) is 0.429. The van der Waals surface area contributed by atoms with Gasteiger partial charge in [0, 0.05) is 41.3 Å². The Kier molecular flexibility index (Phi) is 10.1. The highest BCUT2D eigenvalue weighted by Crippen LogP contribution is 2.51. The smallest absolute Gasteiger partial charge is 0.410 e. The van der Waals surface area contributed by atoms with Gasteiger partial charge in [-0.3, -0.25) is 4.90 Å². The van der Waals surface area contributed by atoms with E-state index in [1.807, 2.05) is 57.2 Å². The number of fused-ring (bicyclic) bond motifs is 1. The van der Waals surface area contributed by atoms with Gasteiger partial charge in [-0.05, 0) is 57.7 Å². The van der Waals surface area contributed by atoms with Gasteiger partial charge in [-0.1, -0.05) is 41.9 Å². The first kappa shape index (κ1) is 33.5. The molecule has 244 valence electrons. The number of nitrogens with zero attached hydrogens (tertiary/aromatic N) is 2. The molecule has 0 spiro atoms. The van der Waals surface area contributed by atoms with E-state index in [0.717, 1.165) is 25.3 Å². The quantitative estimate of drug-likeness (QED) is 0.218. The molecule has 0 N–H and O–H groups in total. The molecule has 1 saturated heterocycles. The largest absolute Gasteiger partial charge is 0.488 e. The van der Waals surface area contributed by atoms with Gasteiger partial charge < -0.3 is 23.7 Å². The van der Waals surface area contributed by atoms with Crippen molar-refractivity contribution in [3.63, 3.8) is 0 Å². The van der Waals surface area contributed by atoms with Crippen molar-refractivity contribution in [1.29, 1.82) is 5.26 Å². The van der Waals surface area contributed by atoms with Gasteiger partial charge in [-0.2, -0.15) is 5.26 Å². The molecule has 1 amide bonds. The number of methoxy groups -OCH3 is 1. The highest BCUT2D eigenvalue weighted by Gasteiger charge is 2.48. The number of hydrogen-bond acceptors (Lipinski definition) is 7.